The molecule has 0 aliphatic heterocycles. The Kier molecular flexibility index (Phi) is 5.65. The van der Waals surface area contributed by atoms with Crippen molar-refractivity contribution in [1.29, 1.82) is 0 Å². The van der Waals surface area contributed by atoms with Crippen molar-refractivity contribution < 1.29 is 4.74 Å². The molecule has 1 aliphatic rings. The average molecular weight is 269 g/mol. The SMILES string of the molecule is CCCCOC1CC(N=C(N(C)C)N(C)C)C1(C)C. The van der Waals surface area contributed by atoms with E-state index in [9.17, 15) is 0 Å². The molecule has 0 aromatic rings. The van der Waals surface area contributed by atoms with E-state index in [1.807, 2.05) is 28.2 Å². The largest absolute Gasteiger partial charge is 0.377 e. The van der Waals surface area contributed by atoms with Crippen LogP contribution in [0.4, 0.5) is 0 Å². The van der Waals surface area contributed by atoms with Crippen molar-refractivity contribution in [2.24, 2.45) is 10.4 Å². The zero-order valence-electron chi connectivity index (χ0n) is 13.7. The molecule has 0 radical (unpaired) electrons. The van der Waals surface area contributed by atoms with Crippen LogP contribution in [0.2, 0.25) is 0 Å². The maximum atomic E-state index is 5.97. The molecular weight excluding hydrogens is 238 g/mol. The van der Waals surface area contributed by atoms with E-state index in [2.05, 4.69) is 30.6 Å². The van der Waals surface area contributed by atoms with Gasteiger partial charge in [0, 0.05) is 40.2 Å². The lowest BCUT2D eigenvalue weighted by atomic mass is 9.65. The highest BCUT2D eigenvalue weighted by Gasteiger charge is 2.49. The van der Waals surface area contributed by atoms with Crippen molar-refractivity contribution in [3.8, 4) is 0 Å². The summed E-state index contributed by atoms with van der Waals surface area (Å²) in [6.07, 6.45) is 3.75. The van der Waals surface area contributed by atoms with Crippen LogP contribution in [-0.2, 0) is 4.74 Å². The predicted molar refractivity (Wildman–Crippen MR) is 81.6 cm³/mol. The highest BCUT2D eigenvalue weighted by atomic mass is 16.5. The van der Waals surface area contributed by atoms with E-state index < -0.39 is 0 Å². The Morgan fingerprint density at radius 2 is 1.79 bits per heavy atom. The Bertz CT molecular complexity index is 301. The third-order valence-electron chi connectivity index (χ3n) is 4.01. The number of aliphatic imine (C=N–C) groups is 1. The number of guanidine groups is 1. The van der Waals surface area contributed by atoms with Crippen molar-refractivity contribution in [3.05, 3.63) is 0 Å². The first-order valence-electron chi connectivity index (χ1n) is 7.34. The normalized spacial score (nSPS) is 24.6. The fourth-order valence-corrected chi connectivity index (χ4v) is 2.51. The van der Waals surface area contributed by atoms with Gasteiger partial charge in [-0.1, -0.05) is 27.2 Å². The molecule has 0 aromatic heterocycles. The molecule has 0 aromatic carbocycles. The van der Waals surface area contributed by atoms with Gasteiger partial charge in [0.15, 0.2) is 5.96 Å². The van der Waals surface area contributed by atoms with Gasteiger partial charge >= 0.3 is 0 Å². The maximum absolute atomic E-state index is 5.97. The molecule has 112 valence electrons. The predicted octanol–water partition coefficient (Wildman–Crippen LogP) is 2.45. The number of hydrogen-bond donors (Lipinski definition) is 0. The van der Waals surface area contributed by atoms with Crippen LogP contribution >= 0.6 is 0 Å². The van der Waals surface area contributed by atoms with E-state index in [1.54, 1.807) is 0 Å². The summed E-state index contributed by atoms with van der Waals surface area (Å²) in [6.45, 7) is 7.62. The Morgan fingerprint density at radius 3 is 2.21 bits per heavy atom. The number of nitrogens with zero attached hydrogens (tertiary/aromatic N) is 3. The average Bonchev–Trinajstić information content (AvgIpc) is 2.30. The molecule has 1 aliphatic carbocycles. The summed E-state index contributed by atoms with van der Waals surface area (Å²) >= 11 is 0. The number of ether oxygens (including phenoxy) is 1. The van der Waals surface area contributed by atoms with E-state index in [-0.39, 0.29) is 5.41 Å². The van der Waals surface area contributed by atoms with Crippen LogP contribution in [0.15, 0.2) is 4.99 Å². The summed E-state index contributed by atoms with van der Waals surface area (Å²) in [7, 11) is 8.17. The first-order chi connectivity index (χ1) is 8.80. The third-order valence-corrected chi connectivity index (χ3v) is 4.01. The van der Waals surface area contributed by atoms with Crippen LogP contribution in [0, 0.1) is 5.41 Å². The van der Waals surface area contributed by atoms with Crippen molar-refractivity contribution in [1.82, 2.24) is 9.80 Å². The topological polar surface area (TPSA) is 28.1 Å². The molecule has 0 bridgehead atoms. The molecular formula is C15H31N3O. The highest BCUT2D eigenvalue weighted by molar-refractivity contribution is 5.79. The van der Waals surface area contributed by atoms with Crippen LogP contribution in [0.5, 0.6) is 0 Å². The molecule has 0 saturated heterocycles. The lowest BCUT2D eigenvalue weighted by Gasteiger charge is -2.50. The molecule has 4 heteroatoms. The number of unbranched alkanes of at least 4 members (excludes halogenated alkanes) is 1. The lowest BCUT2D eigenvalue weighted by Crippen LogP contribution is -2.55. The van der Waals surface area contributed by atoms with Gasteiger partial charge in [-0.25, -0.2) is 4.99 Å². The lowest BCUT2D eigenvalue weighted by molar-refractivity contribution is -0.107. The smallest absolute Gasteiger partial charge is 0.195 e. The van der Waals surface area contributed by atoms with Crippen molar-refractivity contribution >= 4 is 5.96 Å². The summed E-state index contributed by atoms with van der Waals surface area (Å²) in [6, 6.07) is 0.360. The van der Waals surface area contributed by atoms with Gasteiger partial charge in [0.2, 0.25) is 0 Å². The molecule has 1 saturated carbocycles. The van der Waals surface area contributed by atoms with Crippen molar-refractivity contribution in [2.75, 3.05) is 34.8 Å². The number of rotatable bonds is 5. The van der Waals surface area contributed by atoms with Gasteiger partial charge in [-0.05, 0) is 12.8 Å². The van der Waals surface area contributed by atoms with Crippen molar-refractivity contribution in [3.63, 3.8) is 0 Å². The fourth-order valence-electron chi connectivity index (χ4n) is 2.51. The molecule has 2 atom stereocenters. The van der Waals surface area contributed by atoms with Crippen LogP contribution in [0.3, 0.4) is 0 Å². The minimum Gasteiger partial charge on any atom is -0.377 e. The fraction of sp³-hybridized carbons (Fsp3) is 0.933. The van der Waals surface area contributed by atoms with Gasteiger partial charge < -0.3 is 14.5 Å². The van der Waals surface area contributed by atoms with Crippen LogP contribution in [0.25, 0.3) is 0 Å². The highest BCUT2D eigenvalue weighted by Crippen LogP contribution is 2.45. The Balaban J connectivity index is 2.61. The molecule has 0 N–H and O–H groups in total. The molecule has 0 heterocycles. The summed E-state index contributed by atoms with van der Waals surface area (Å²) in [5.74, 6) is 1.03. The van der Waals surface area contributed by atoms with Gasteiger partial charge in [-0.2, -0.15) is 0 Å². The summed E-state index contributed by atoms with van der Waals surface area (Å²) in [4.78, 5) is 9.04. The van der Waals surface area contributed by atoms with Crippen LogP contribution in [-0.4, -0.2) is 62.7 Å². The molecule has 4 nitrogen and oxygen atoms in total. The molecule has 2 unspecified atom stereocenters. The summed E-state index contributed by atoms with van der Waals surface area (Å²) in [5, 5.41) is 0. The van der Waals surface area contributed by atoms with E-state index in [0.29, 0.717) is 12.1 Å². The van der Waals surface area contributed by atoms with Crippen LogP contribution in [0.1, 0.15) is 40.0 Å². The van der Waals surface area contributed by atoms with Gasteiger partial charge in [0.25, 0.3) is 0 Å². The standard InChI is InChI=1S/C15H31N3O/c1-8-9-10-19-13-11-12(15(13,2)3)16-14(17(4)5)18(6)7/h12-13H,8-11H2,1-7H3. The zero-order chi connectivity index (χ0) is 14.6. The molecule has 1 rings (SSSR count). The number of hydrogen-bond acceptors (Lipinski definition) is 2. The molecule has 0 amide bonds. The van der Waals surface area contributed by atoms with E-state index in [0.717, 1.165) is 25.4 Å². The molecule has 1 fully saturated rings. The quantitative estimate of drug-likeness (QED) is 0.436. The van der Waals surface area contributed by atoms with E-state index in [4.69, 9.17) is 9.73 Å². The van der Waals surface area contributed by atoms with Crippen LogP contribution < -0.4 is 0 Å². The third kappa shape index (κ3) is 3.85. The molecule has 0 spiro atoms. The van der Waals surface area contributed by atoms with Gasteiger partial charge in [-0.15, -0.1) is 0 Å². The first kappa shape index (κ1) is 16.3. The second-order valence-electron chi connectivity index (χ2n) is 6.50. The van der Waals surface area contributed by atoms with E-state index in [1.165, 1.54) is 6.42 Å². The summed E-state index contributed by atoms with van der Waals surface area (Å²) < 4.78 is 5.97. The minimum atomic E-state index is 0.144. The van der Waals surface area contributed by atoms with Gasteiger partial charge in [0.05, 0.1) is 12.1 Å². The van der Waals surface area contributed by atoms with Gasteiger partial charge in [-0.3, -0.25) is 0 Å². The second-order valence-corrected chi connectivity index (χ2v) is 6.50. The van der Waals surface area contributed by atoms with Crippen molar-refractivity contribution in [2.45, 2.75) is 52.2 Å². The monoisotopic (exact) mass is 269 g/mol. The minimum absolute atomic E-state index is 0.144. The summed E-state index contributed by atoms with van der Waals surface area (Å²) in [5.41, 5.74) is 0.144. The zero-order valence-corrected chi connectivity index (χ0v) is 13.7. The Hall–Kier alpha value is -0.770. The Morgan fingerprint density at radius 1 is 1.21 bits per heavy atom. The Labute approximate surface area is 118 Å². The van der Waals surface area contributed by atoms with Gasteiger partial charge in [0.1, 0.15) is 0 Å². The second kappa shape index (κ2) is 6.60. The first-order valence-corrected chi connectivity index (χ1v) is 7.34. The maximum Gasteiger partial charge on any atom is 0.195 e. The van der Waals surface area contributed by atoms with E-state index >= 15 is 0 Å². The molecule has 19 heavy (non-hydrogen) atoms.